The highest BCUT2D eigenvalue weighted by Crippen LogP contribution is 2.30. The Kier molecular flexibility index (Phi) is 3.39. The van der Waals surface area contributed by atoms with E-state index in [1.165, 1.54) is 4.88 Å². The van der Waals surface area contributed by atoms with E-state index in [9.17, 15) is 9.59 Å². The largest absolute Gasteiger partial charge is 0.341 e. The highest BCUT2D eigenvalue weighted by atomic mass is 32.1. The zero-order valence-electron chi connectivity index (χ0n) is 11.0. The van der Waals surface area contributed by atoms with Crippen molar-refractivity contribution < 1.29 is 4.79 Å². The average molecular weight is 293 g/mol. The van der Waals surface area contributed by atoms with Crippen LogP contribution >= 0.6 is 11.3 Å². The van der Waals surface area contributed by atoms with Crippen molar-refractivity contribution in [1.29, 1.82) is 0 Å². The van der Waals surface area contributed by atoms with Gasteiger partial charge in [0.25, 0.3) is 5.91 Å². The van der Waals surface area contributed by atoms with Gasteiger partial charge in [-0.3, -0.25) is 9.78 Å². The van der Waals surface area contributed by atoms with E-state index in [4.69, 9.17) is 0 Å². The lowest BCUT2D eigenvalue weighted by molar-refractivity contribution is 0.0695. The number of likely N-dealkylation sites (tertiary alicyclic amines) is 1. The second kappa shape index (κ2) is 5.20. The molecule has 1 amide bonds. The standard InChI is InChI=1S/C12H15N5O2S/c1-7-5-13-10(20-7)8-3-2-4-17(6-8)11(18)9-14-12(19)16-15-9/h5,8H,2-4,6H2,1H3,(H2,14,15,16,19). The second-order valence-corrected chi connectivity index (χ2v) is 6.19. The van der Waals surface area contributed by atoms with Gasteiger partial charge in [0.2, 0.25) is 5.82 Å². The normalized spacial score (nSPS) is 19.2. The fraction of sp³-hybridized carbons (Fsp3) is 0.500. The van der Waals surface area contributed by atoms with Crippen LogP contribution in [-0.4, -0.2) is 44.1 Å². The van der Waals surface area contributed by atoms with Crippen LogP contribution in [0.15, 0.2) is 11.0 Å². The summed E-state index contributed by atoms with van der Waals surface area (Å²) < 4.78 is 0. The third-order valence-corrected chi connectivity index (χ3v) is 4.48. The van der Waals surface area contributed by atoms with Crippen molar-refractivity contribution in [2.75, 3.05) is 13.1 Å². The molecule has 1 unspecified atom stereocenters. The molecule has 0 saturated carbocycles. The van der Waals surface area contributed by atoms with Crippen molar-refractivity contribution in [3.8, 4) is 0 Å². The molecule has 1 aliphatic rings. The Morgan fingerprint density at radius 3 is 3.05 bits per heavy atom. The van der Waals surface area contributed by atoms with Crippen molar-refractivity contribution in [3.63, 3.8) is 0 Å². The molecule has 2 aromatic rings. The minimum atomic E-state index is -0.461. The van der Waals surface area contributed by atoms with Crippen molar-refractivity contribution in [1.82, 2.24) is 25.1 Å². The fourth-order valence-electron chi connectivity index (χ4n) is 2.45. The van der Waals surface area contributed by atoms with E-state index in [1.54, 1.807) is 16.2 Å². The van der Waals surface area contributed by atoms with Gasteiger partial charge in [-0.25, -0.2) is 14.9 Å². The average Bonchev–Trinajstić information content (AvgIpc) is 3.07. The second-order valence-electron chi connectivity index (χ2n) is 4.93. The van der Waals surface area contributed by atoms with Crippen LogP contribution in [0, 0.1) is 6.92 Å². The molecular formula is C12H15N5O2S. The number of aromatic nitrogens is 4. The Balaban J connectivity index is 1.75. The number of aryl methyl sites for hydroxylation is 1. The first-order valence-electron chi connectivity index (χ1n) is 6.50. The van der Waals surface area contributed by atoms with E-state index in [0.29, 0.717) is 13.1 Å². The summed E-state index contributed by atoms with van der Waals surface area (Å²) in [5, 5.41) is 6.99. The molecule has 1 fully saturated rings. The summed E-state index contributed by atoms with van der Waals surface area (Å²) in [6.07, 6.45) is 3.84. The number of aromatic amines is 2. The molecule has 2 aromatic heterocycles. The van der Waals surface area contributed by atoms with Gasteiger partial charge in [-0.15, -0.1) is 16.4 Å². The Morgan fingerprint density at radius 1 is 1.55 bits per heavy atom. The van der Waals surface area contributed by atoms with Crippen LogP contribution in [0.3, 0.4) is 0 Å². The molecule has 0 aliphatic carbocycles. The number of amides is 1. The molecule has 1 atom stereocenters. The number of piperidine rings is 1. The molecule has 20 heavy (non-hydrogen) atoms. The highest BCUT2D eigenvalue weighted by Gasteiger charge is 2.28. The lowest BCUT2D eigenvalue weighted by Gasteiger charge is -2.31. The first-order chi connectivity index (χ1) is 9.63. The number of rotatable bonds is 2. The monoisotopic (exact) mass is 293 g/mol. The molecule has 1 aliphatic heterocycles. The van der Waals surface area contributed by atoms with Crippen LogP contribution in [-0.2, 0) is 0 Å². The van der Waals surface area contributed by atoms with Crippen molar-refractivity contribution in [2.24, 2.45) is 0 Å². The summed E-state index contributed by atoms with van der Waals surface area (Å²) in [5.41, 5.74) is -0.461. The molecule has 3 heterocycles. The Hall–Kier alpha value is -1.96. The van der Waals surface area contributed by atoms with Crippen molar-refractivity contribution in [3.05, 3.63) is 32.4 Å². The number of nitrogens with one attached hydrogen (secondary N) is 2. The summed E-state index contributed by atoms with van der Waals surface area (Å²) in [7, 11) is 0. The molecular weight excluding hydrogens is 278 g/mol. The molecule has 106 valence electrons. The molecule has 0 aromatic carbocycles. The van der Waals surface area contributed by atoms with Crippen LogP contribution in [0.25, 0.3) is 0 Å². The van der Waals surface area contributed by atoms with Crippen molar-refractivity contribution >= 4 is 17.2 Å². The van der Waals surface area contributed by atoms with Gasteiger partial charge in [0.1, 0.15) is 0 Å². The van der Waals surface area contributed by atoms with E-state index < -0.39 is 5.69 Å². The predicted molar refractivity (Wildman–Crippen MR) is 73.9 cm³/mol. The minimum absolute atomic E-state index is 0.0750. The van der Waals surface area contributed by atoms with Gasteiger partial charge in [0.05, 0.1) is 5.01 Å². The van der Waals surface area contributed by atoms with E-state index >= 15 is 0 Å². The molecule has 1 saturated heterocycles. The van der Waals surface area contributed by atoms with Crippen LogP contribution in [0.5, 0.6) is 0 Å². The number of nitrogens with zero attached hydrogens (tertiary/aromatic N) is 3. The third-order valence-electron chi connectivity index (χ3n) is 3.40. The van der Waals surface area contributed by atoms with Gasteiger partial charge in [0, 0.05) is 30.1 Å². The lowest BCUT2D eigenvalue weighted by atomic mass is 9.98. The summed E-state index contributed by atoms with van der Waals surface area (Å²) in [4.78, 5) is 33.0. The first kappa shape index (κ1) is 13.0. The highest BCUT2D eigenvalue weighted by molar-refractivity contribution is 7.11. The lowest BCUT2D eigenvalue weighted by Crippen LogP contribution is -2.39. The van der Waals surface area contributed by atoms with Gasteiger partial charge in [0.15, 0.2) is 0 Å². The summed E-state index contributed by atoms with van der Waals surface area (Å²) >= 11 is 1.68. The van der Waals surface area contributed by atoms with Gasteiger partial charge in [-0.1, -0.05) is 0 Å². The third kappa shape index (κ3) is 2.51. The molecule has 8 heteroatoms. The van der Waals surface area contributed by atoms with Crippen LogP contribution in [0.4, 0.5) is 0 Å². The quantitative estimate of drug-likeness (QED) is 0.859. The molecule has 0 bridgehead atoms. The Labute approximate surface area is 119 Å². The molecule has 0 radical (unpaired) electrons. The van der Waals surface area contributed by atoms with Gasteiger partial charge in [-0.2, -0.15) is 0 Å². The van der Waals surface area contributed by atoms with E-state index in [1.807, 2.05) is 13.1 Å². The summed E-state index contributed by atoms with van der Waals surface area (Å²) in [6, 6.07) is 0. The number of hydrogen-bond acceptors (Lipinski definition) is 5. The zero-order chi connectivity index (χ0) is 14.1. The van der Waals surface area contributed by atoms with E-state index in [2.05, 4.69) is 20.2 Å². The maximum absolute atomic E-state index is 12.3. The predicted octanol–water partition coefficient (Wildman–Crippen LogP) is 0.883. The first-order valence-corrected chi connectivity index (χ1v) is 7.31. The van der Waals surface area contributed by atoms with Crippen molar-refractivity contribution in [2.45, 2.75) is 25.7 Å². The van der Waals surface area contributed by atoms with Gasteiger partial charge in [-0.05, 0) is 19.8 Å². The number of carbonyl (C=O) groups excluding carboxylic acids is 1. The smallest absolute Gasteiger partial charge is 0.335 e. The molecule has 7 nitrogen and oxygen atoms in total. The fourth-order valence-corrected chi connectivity index (χ4v) is 3.35. The maximum atomic E-state index is 12.3. The molecule has 2 N–H and O–H groups in total. The molecule has 0 spiro atoms. The number of thiazole rings is 1. The number of carbonyl (C=O) groups is 1. The van der Waals surface area contributed by atoms with Gasteiger partial charge < -0.3 is 4.90 Å². The van der Waals surface area contributed by atoms with Crippen LogP contribution in [0.1, 0.15) is 39.3 Å². The maximum Gasteiger partial charge on any atom is 0.341 e. The van der Waals surface area contributed by atoms with Crippen LogP contribution < -0.4 is 5.69 Å². The van der Waals surface area contributed by atoms with Crippen LogP contribution in [0.2, 0.25) is 0 Å². The van der Waals surface area contributed by atoms with Gasteiger partial charge >= 0.3 is 5.69 Å². The number of hydrogen-bond donors (Lipinski definition) is 2. The summed E-state index contributed by atoms with van der Waals surface area (Å²) in [6.45, 7) is 3.34. The summed E-state index contributed by atoms with van der Waals surface area (Å²) in [5.74, 6) is 0.115. The Bertz CT molecular complexity index is 673. The zero-order valence-corrected chi connectivity index (χ0v) is 11.9. The topological polar surface area (TPSA) is 94.7 Å². The van der Waals surface area contributed by atoms with E-state index in [0.717, 1.165) is 17.8 Å². The Morgan fingerprint density at radius 2 is 2.40 bits per heavy atom. The van der Waals surface area contributed by atoms with E-state index in [-0.39, 0.29) is 17.6 Å². The SMILES string of the molecule is Cc1cnc(C2CCCN(C(=O)c3n[nH]c(=O)[nH]3)C2)s1. The minimum Gasteiger partial charge on any atom is -0.335 e. The number of H-pyrrole nitrogens is 2. The molecule has 3 rings (SSSR count).